The number of halogens is 3. The van der Waals surface area contributed by atoms with E-state index in [4.69, 9.17) is 0 Å². The second-order valence-corrected chi connectivity index (χ2v) is 9.57. The van der Waals surface area contributed by atoms with Gasteiger partial charge in [-0.25, -0.2) is 4.99 Å². The number of hydrogen-bond donors (Lipinski definition) is 1. The first-order chi connectivity index (χ1) is 15.8. The molecule has 1 N–H and O–H groups in total. The van der Waals surface area contributed by atoms with Crippen molar-refractivity contribution in [2.45, 2.75) is 94.9 Å². The number of amides is 2. The summed E-state index contributed by atoms with van der Waals surface area (Å²) in [6.45, 7) is 0. The maximum Gasteiger partial charge on any atom is 0.442 e. The Labute approximate surface area is 192 Å². The number of benzene rings is 1. The van der Waals surface area contributed by atoms with Gasteiger partial charge in [-0.15, -0.1) is 0 Å². The summed E-state index contributed by atoms with van der Waals surface area (Å²) in [6, 6.07) is 8.12. The summed E-state index contributed by atoms with van der Waals surface area (Å²) in [5.41, 5.74) is -2.82. The standard InChI is InChI=1S/C25H32F3N3O2/c26-25(27,28)24(29-21(32)17-16-18-10-4-1-5-11-18)23(33)31(20-14-8-3-9-15-20)22(30-24)19-12-6-2-7-13-19/h2,6-7,12-13,18,20H,1,3-5,8-11,14-17H2,(H,29,32). The van der Waals surface area contributed by atoms with Crippen molar-refractivity contribution >= 4 is 17.6 Å². The van der Waals surface area contributed by atoms with Crippen LogP contribution in [0.15, 0.2) is 35.3 Å². The Hall–Kier alpha value is -2.38. The monoisotopic (exact) mass is 463 g/mol. The summed E-state index contributed by atoms with van der Waals surface area (Å²) in [6.07, 6.45) is 4.77. The van der Waals surface area contributed by atoms with Gasteiger partial charge in [0.1, 0.15) is 5.84 Å². The van der Waals surface area contributed by atoms with Crippen molar-refractivity contribution in [2.24, 2.45) is 10.9 Å². The smallest absolute Gasteiger partial charge is 0.316 e. The molecule has 1 atom stereocenters. The Kier molecular flexibility index (Phi) is 7.10. The molecule has 5 nitrogen and oxygen atoms in total. The third kappa shape index (κ3) is 4.94. The van der Waals surface area contributed by atoms with Crippen LogP contribution in [0.2, 0.25) is 0 Å². The zero-order valence-corrected chi connectivity index (χ0v) is 18.9. The number of amidine groups is 1. The van der Waals surface area contributed by atoms with E-state index < -0.39 is 23.7 Å². The zero-order chi connectivity index (χ0) is 23.5. The minimum Gasteiger partial charge on any atom is -0.316 e. The molecule has 8 heteroatoms. The van der Waals surface area contributed by atoms with Gasteiger partial charge in [-0.1, -0.05) is 81.7 Å². The largest absolute Gasteiger partial charge is 0.442 e. The van der Waals surface area contributed by atoms with Gasteiger partial charge >= 0.3 is 11.8 Å². The van der Waals surface area contributed by atoms with Gasteiger partial charge in [-0.2, -0.15) is 13.2 Å². The van der Waals surface area contributed by atoms with Gasteiger partial charge in [0.25, 0.3) is 5.91 Å². The van der Waals surface area contributed by atoms with E-state index in [1.807, 2.05) is 5.32 Å². The van der Waals surface area contributed by atoms with E-state index in [9.17, 15) is 22.8 Å². The lowest BCUT2D eigenvalue weighted by Crippen LogP contribution is -2.64. The predicted molar refractivity (Wildman–Crippen MR) is 119 cm³/mol. The Morgan fingerprint density at radius 3 is 2.21 bits per heavy atom. The fourth-order valence-electron chi connectivity index (χ4n) is 5.41. The number of carbonyl (C=O) groups excluding carboxylic acids is 2. The lowest BCUT2D eigenvalue weighted by Gasteiger charge is -2.34. The van der Waals surface area contributed by atoms with E-state index in [2.05, 4.69) is 4.99 Å². The molecule has 2 saturated carbocycles. The van der Waals surface area contributed by atoms with Gasteiger partial charge in [0.2, 0.25) is 5.91 Å². The minimum atomic E-state index is -5.05. The molecule has 0 radical (unpaired) electrons. The van der Waals surface area contributed by atoms with Crippen molar-refractivity contribution in [1.29, 1.82) is 0 Å². The maximum atomic E-state index is 14.5. The van der Waals surface area contributed by atoms with E-state index in [0.717, 1.165) is 44.9 Å². The molecular weight excluding hydrogens is 431 g/mol. The first-order valence-corrected chi connectivity index (χ1v) is 12.2. The molecular formula is C25H32F3N3O2. The number of nitrogens with one attached hydrogen (secondary N) is 1. The summed E-state index contributed by atoms with van der Waals surface area (Å²) in [7, 11) is 0. The molecule has 1 aromatic carbocycles. The van der Waals surface area contributed by atoms with Gasteiger partial charge in [-0.3, -0.25) is 14.5 Å². The molecule has 1 aromatic rings. The summed E-state index contributed by atoms with van der Waals surface area (Å²) in [5, 5.41) is 2.05. The molecule has 1 aliphatic heterocycles. The Balaban J connectivity index is 1.63. The molecule has 1 unspecified atom stereocenters. The van der Waals surface area contributed by atoms with Crippen molar-refractivity contribution in [3.8, 4) is 0 Å². The van der Waals surface area contributed by atoms with Gasteiger partial charge in [0.15, 0.2) is 0 Å². The van der Waals surface area contributed by atoms with Crippen LogP contribution in [0, 0.1) is 5.92 Å². The second kappa shape index (κ2) is 9.85. The zero-order valence-electron chi connectivity index (χ0n) is 18.9. The van der Waals surface area contributed by atoms with Crippen molar-refractivity contribution in [2.75, 3.05) is 0 Å². The highest BCUT2D eigenvalue weighted by atomic mass is 19.4. The van der Waals surface area contributed by atoms with E-state index in [-0.39, 0.29) is 18.3 Å². The van der Waals surface area contributed by atoms with Gasteiger partial charge in [0.05, 0.1) is 0 Å². The van der Waals surface area contributed by atoms with E-state index in [0.29, 0.717) is 30.7 Å². The first kappa shape index (κ1) is 23.8. The normalized spacial score (nSPS) is 25.2. The number of carbonyl (C=O) groups is 2. The molecule has 0 saturated heterocycles. The molecule has 1 heterocycles. The second-order valence-electron chi connectivity index (χ2n) is 9.57. The van der Waals surface area contributed by atoms with Crippen LogP contribution < -0.4 is 5.32 Å². The van der Waals surface area contributed by atoms with Crippen LogP contribution in [0.5, 0.6) is 0 Å². The van der Waals surface area contributed by atoms with E-state index >= 15 is 0 Å². The van der Waals surface area contributed by atoms with Crippen LogP contribution >= 0.6 is 0 Å². The SMILES string of the molecule is O=C(CCC1CCCCC1)NC1(C(F)(F)F)N=C(c2ccccc2)N(C2CCCCC2)C1=O. The van der Waals surface area contributed by atoms with Gasteiger partial charge in [0, 0.05) is 18.0 Å². The average molecular weight is 464 g/mol. The van der Waals surface area contributed by atoms with Crippen LogP contribution in [0.25, 0.3) is 0 Å². The molecule has 180 valence electrons. The third-order valence-electron chi connectivity index (χ3n) is 7.24. The average Bonchev–Trinajstić information content (AvgIpc) is 3.12. The maximum absolute atomic E-state index is 14.5. The summed E-state index contributed by atoms with van der Waals surface area (Å²) in [4.78, 5) is 31.4. The molecule has 0 aromatic heterocycles. The predicted octanol–water partition coefficient (Wildman–Crippen LogP) is 5.34. The minimum absolute atomic E-state index is 0.00240. The molecule has 0 bridgehead atoms. The fraction of sp³-hybridized carbons (Fsp3) is 0.640. The lowest BCUT2D eigenvalue weighted by atomic mass is 9.86. The summed E-state index contributed by atoms with van der Waals surface area (Å²) < 4.78 is 43.4. The molecule has 2 amide bonds. The molecule has 0 spiro atoms. The van der Waals surface area contributed by atoms with Crippen molar-refractivity contribution in [1.82, 2.24) is 10.2 Å². The quantitative estimate of drug-likeness (QED) is 0.619. The molecule has 4 rings (SSSR count). The van der Waals surface area contributed by atoms with Crippen LogP contribution in [0.1, 0.15) is 82.6 Å². The topological polar surface area (TPSA) is 61.8 Å². The van der Waals surface area contributed by atoms with Gasteiger partial charge in [-0.05, 0) is 25.2 Å². The van der Waals surface area contributed by atoms with Gasteiger partial charge < -0.3 is 5.32 Å². The van der Waals surface area contributed by atoms with E-state index in [1.165, 1.54) is 11.3 Å². The molecule has 2 fully saturated rings. The number of rotatable bonds is 6. The summed E-state index contributed by atoms with van der Waals surface area (Å²) in [5.74, 6) is -1.61. The van der Waals surface area contributed by atoms with Crippen LogP contribution in [0.4, 0.5) is 13.2 Å². The molecule has 3 aliphatic rings. The highest BCUT2D eigenvalue weighted by Crippen LogP contribution is 2.41. The highest BCUT2D eigenvalue weighted by Gasteiger charge is 2.67. The summed E-state index contributed by atoms with van der Waals surface area (Å²) >= 11 is 0. The van der Waals surface area contributed by atoms with Crippen molar-refractivity contribution in [3.05, 3.63) is 35.9 Å². The number of aliphatic imine (C=N–C) groups is 1. The highest BCUT2D eigenvalue weighted by molar-refractivity contribution is 6.16. The third-order valence-corrected chi connectivity index (χ3v) is 7.24. The van der Waals surface area contributed by atoms with Crippen LogP contribution in [-0.2, 0) is 9.59 Å². The molecule has 2 aliphatic carbocycles. The first-order valence-electron chi connectivity index (χ1n) is 12.2. The van der Waals surface area contributed by atoms with Crippen molar-refractivity contribution < 1.29 is 22.8 Å². The van der Waals surface area contributed by atoms with Crippen LogP contribution in [0.3, 0.4) is 0 Å². The Morgan fingerprint density at radius 1 is 1.00 bits per heavy atom. The van der Waals surface area contributed by atoms with Crippen LogP contribution in [-0.4, -0.2) is 40.4 Å². The number of hydrogen-bond acceptors (Lipinski definition) is 3. The van der Waals surface area contributed by atoms with Crippen molar-refractivity contribution in [3.63, 3.8) is 0 Å². The lowest BCUT2D eigenvalue weighted by molar-refractivity contribution is -0.201. The number of alkyl halides is 3. The number of nitrogens with zero attached hydrogens (tertiary/aromatic N) is 2. The Bertz CT molecular complexity index is 875. The fourth-order valence-corrected chi connectivity index (χ4v) is 5.41. The Morgan fingerprint density at radius 2 is 1.61 bits per heavy atom. The molecule has 33 heavy (non-hydrogen) atoms. The van der Waals surface area contributed by atoms with E-state index in [1.54, 1.807) is 30.3 Å².